The maximum Gasteiger partial charge on any atom is 0.312 e. The van der Waals surface area contributed by atoms with Crippen LogP contribution in [0.5, 0.6) is 0 Å². The summed E-state index contributed by atoms with van der Waals surface area (Å²) in [5, 5.41) is 9.49. The summed E-state index contributed by atoms with van der Waals surface area (Å²) in [6.07, 6.45) is 9.36. The summed E-state index contributed by atoms with van der Waals surface area (Å²) < 4.78 is 1.99. The molecule has 2 aromatic rings. The molecule has 0 amide bonds. The lowest BCUT2D eigenvalue weighted by Crippen LogP contribution is -2.15. The average Bonchev–Trinajstić information content (AvgIpc) is 3.22. The maximum absolute atomic E-state index is 11.6. The van der Waals surface area contributed by atoms with Crippen LogP contribution in [0.4, 0.5) is 5.82 Å². The number of aromatic nitrogens is 3. The Hall–Kier alpha value is -2.37. The van der Waals surface area contributed by atoms with Crippen molar-refractivity contribution in [2.75, 3.05) is 5.73 Å². The predicted molar refractivity (Wildman–Crippen MR) is 82.3 cm³/mol. The number of hydrogen-bond acceptors (Lipinski definition) is 4. The zero-order chi connectivity index (χ0) is 15.5. The summed E-state index contributed by atoms with van der Waals surface area (Å²) in [6.45, 7) is 0.910. The summed E-state index contributed by atoms with van der Waals surface area (Å²) in [6, 6.07) is 3.49. The molecule has 0 bridgehead atoms. The van der Waals surface area contributed by atoms with Crippen molar-refractivity contribution in [1.82, 2.24) is 14.5 Å². The van der Waals surface area contributed by atoms with E-state index < -0.39 is 11.9 Å². The van der Waals surface area contributed by atoms with E-state index in [0.717, 1.165) is 24.4 Å². The molecule has 6 nitrogen and oxygen atoms in total. The number of imidazole rings is 1. The first-order chi connectivity index (χ1) is 10.6. The van der Waals surface area contributed by atoms with Crippen LogP contribution in [0.25, 0.3) is 0 Å². The molecule has 0 spiro atoms. The van der Waals surface area contributed by atoms with Crippen molar-refractivity contribution in [2.24, 2.45) is 5.92 Å². The van der Waals surface area contributed by atoms with Gasteiger partial charge >= 0.3 is 5.97 Å². The molecule has 116 valence electrons. The first-order valence-electron chi connectivity index (χ1n) is 7.56. The van der Waals surface area contributed by atoms with Crippen molar-refractivity contribution in [1.29, 1.82) is 0 Å². The van der Waals surface area contributed by atoms with Crippen LogP contribution in [0.2, 0.25) is 0 Å². The second kappa shape index (κ2) is 6.17. The minimum Gasteiger partial charge on any atom is -0.481 e. The van der Waals surface area contributed by atoms with Crippen molar-refractivity contribution in [2.45, 2.75) is 38.1 Å². The molecule has 1 aliphatic carbocycles. The quantitative estimate of drug-likeness (QED) is 0.816. The minimum atomic E-state index is -0.871. The van der Waals surface area contributed by atoms with E-state index >= 15 is 0 Å². The van der Waals surface area contributed by atoms with Crippen LogP contribution >= 0.6 is 0 Å². The lowest BCUT2D eigenvalue weighted by atomic mass is 9.98. The third-order valence-electron chi connectivity index (χ3n) is 4.09. The largest absolute Gasteiger partial charge is 0.481 e. The van der Waals surface area contributed by atoms with Gasteiger partial charge in [-0.25, -0.2) is 9.97 Å². The van der Waals surface area contributed by atoms with Crippen molar-refractivity contribution in [3.05, 3.63) is 42.1 Å². The molecule has 1 atom stereocenters. The Morgan fingerprint density at radius 2 is 2.23 bits per heavy atom. The average molecular weight is 300 g/mol. The molecule has 3 N–H and O–H groups in total. The van der Waals surface area contributed by atoms with Crippen LogP contribution in [0.3, 0.4) is 0 Å². The fourth-order valence-electron chi connectivity index (χ4n) is 2.53. The molecular formula is C16H20N4O2. The van der Waals surface area contributed by atoms with Gasteiger partial charge in [0.2, 0.25) is 0 Å². The van der Waals surface area contributed by atoms with E-state index in [1.807, 2.05) is 16.8 Å². The molecule has 22 heavy (non-hydrogen) atoms. The number of nitrogen functional groups attached to an aromatic ring is 1. The van der Waals surface area contributed by atoms with Crippen LogP contribution in [0.1, 0.15) is 36.4 Å². The van der Waals surface area contributed by atoms with Crippen LogP contribution in [-0.2, 0) is 17.8 Å². The molecular weight excluding hydrogens is 280 g/mol. The minimum absolute atomic E-state index is 0.363. The van der Waals surface area contributed by atoms with Gasteiger partial charge in [-0.3, -0.25) is 4.79 Å². The van der Waals surface area contributed by atoms with Gasteiger partial charge in [-0.05, 0) is 30.4 Å². The fraction of sp³-hybridized carbons (Fsp3) is 0.438. The molecule has 0 aliphatic heterocycles. The summed E-state index contributed by atoms with van der Waals surface area (Å²) in [4.78, 5) is 19.9. The maximum atomic E-state index is 11.6. The van der Waals surface area contributed by atoms with Crippen LogP contribution in [0, 0.1) is 5.92 Å². The summed E-state index contributed by atoms with van der Waals surface area (Å²) in [7, 11) is 0. The first kappa shape index (κ1) is 14.6. The Labute approximate surface area is 129 Å². The number of pyridine rings is 1. The monoisotopic (exact) mass is 300 g/mol. The SMILES string of the molecule is Nc1ccc(C[C@@H](C(=O)O)c2cn(CCC3CC3)cn2)cn1. The fourth-order valence-corrected chi connectivity index (χ4v) is 2.53. The molecule has 6 heteroatoms. The van der Waals surface area contributed by atoms with E-state index in [0.29, 0.717) is 17.9 Å². The number of carbonyl (C=O) groups is 1. The molecule has 3 rings (SSSR count). The number of hydrogen-bond donors (Lipinski definition) is 2. The second-order valence-corrected chi connectivity index (χ2v) is 5.95. The van der Waals surface area contributed by atoms with Gasteiger partial charge < -0.3 is 15.4 Å². The highest BCUT2D eigenvalue weighted by molar-refractivity contribution is 5.75. The highest BCUT2D eigenvalue weighted by atomic mass is 16.4. The van der Waals surface area contributed by atoms with Gasteiger partial charge in [0.25, 0.3) is 0 Å². The standard InChI is InChI=1S/C16H20N4O2/c17-15-4-3-12(8-18-15)7-13(16(21)22)14-9-20(10-19-14)6-5-11-1-2-11/h3-4,8-11,13H,1-2,5-7H2,(H2,17,18)(H,21,22)/t13-/m1/s1. The van der Waals surface area contributed by atoms with Gasteiger partial charge in [0, 0.05) is 18.9 Å². The van der Waals surface area contributed by atoms with Gasteiger partial charge in [-0.2, -0.15) is 0 Å². The number of anilines is 1. The third kappa shape index (κ3) is 3.63. The number of carboxylic acid groups (broad SMARTS) is 1. The van der Waals surface area contributed by atoms with E-state index in [2.05, 4.69) is 9.97 Å². The Bertz CT molecular complexity index is 646. The third-order valence-corrected chi connectivity index (χ3v) is 4.09. The number of rotatable bonds is 7. The van der Waals surface area contributed by atoms with Gasteiger partial charge in [-0.1, -0.05) is 18.9 Å². The van der Waals surface area contributed by atoms with E-state index in [4.69, 9.17) is 5.73 Å². The van der Waals surface area contributed by atoms with Crippen LogP contribution < -0.4 is 5.73 Å². The van der Waals surface area contributed by atoms with Gasteiger partial charge in [0.15, 0.2) is 0 Å². The van der Waals surface area contributed by atoms with Gasteiger partial charge in [0.1, 0.15) is 11.7 Å². The predicted octanol–water partition coefficient (Wildman–Crippen LogP) is 2.07. The zero-order valence-electron chi connectivity index (χ0n) is 12.4. The Morgan fingerprint density at radius 3 is 2.86 bits per heavy atom. The van der Waals surface area contributed by atoms with E-state index in [1.54, 1.807) is 18.6 Å². The number of nitrogens with zero attached hydrogens (tertiary/aromatic N) is 3. The molecule has 1 fully saturated rings. The summed E-state index contributed by atoms with van der Waals surface area (Å²) in [5.41, 5.74) is 6.99. The van der Waals surface area contributed by atoms with E-state index in [1.165, 1.54) is 12.8 Å². The van der Waals surface area contributed by atoms with Crippen LogP contribution in [-0.4, -0.2) is 25.6 Å². The Balaban J connectivity index is 1.69. The highest BCUT2D eigenvalue weighted by Gasteiger charge is 2.24. The van der Waals surface area contributed by atoms with Crippen LogP contribution in [0.15, 0.2) is 30.9 Å². The number of aliphatic carboxylic acids is 1. The van der Waals surface area contributed by atoms with Crippen molar-refractivity contribution >= 4 is 11.8 Å². The number of carboxylic acids is 1. The Morgan fingerprint density at radius 1 is 1.41 bits per heavy atom. The van der Waals surface area contributed by atoms with Crippen molar-refractivity contribution in [3.63, 3.8) is 0 Å². The molecule has 1 saturated carbocycles. The number of nitrogens with two attached hydrogens (primary N) is 1. The first-order valence-corrected chi connectivity index (χ1v) is 7.56. The summed E-state index contributed by atoms with van der Waals surface area (Å²) in [5.74, 6) is -0.251. The molecule has 0 unspecified atom stereocenters. The van der Waals surface area contributed by atoms with Crippen molar-refractivity contribution in [3.8, 4) is 0 Å². The summed E-state index contributed by atoms with van der Waals surface area (Å²) >= 11 is 0. The molecule has 2 aromatic heterocycles. The number of aryl methyl sites for hydroxylation is 1. The molecule has 0 saturated heterocycles. The van der Waals surface area contributed by atoms with E-state index in [-0.39, 0.29) is 0 Å². The smallest absolute Gasteiger partial charge is 0.312 e. The topological polar surface area (TPSA) is 94.0 Å². The molecule has 0 radical (unpaired) electrons. The zero-order valence-corrected chi connectivity index (χ0v) is 12.4. The molecule has 2 heterocycles. The van der Waals surface area contributed by atoms with E-state index in [9.17, 15) is 9.90 Å². The highest BCUT2D eigenvalue weighted by Crippen LogP contribution is 2.32. The lowest BCUT2D eigenvalue weighted by molar-refractivity contribution is -0.138. The van der Waals surface area contributed by atoms with Gasteiger partial charge in [-0.15, -0.1) is 0 Å². The Kier molecular flexibility index (Phi) is 4.09. The van der Waals surface area contributed by atoms with Crippen molar-refractivity contribution < 1.29 is 9.90 Å². The molecule has 1 aliphatic rings. The lowest BCUT2D eigenvalue weighted by Gasteiger charge is -2.09. The second-order valence-electron chi connectivity index (χ2n) is 5.95. The molecule has 0 aromatic carbocycles. The van der Waals surface area contributed by atoms with Gasteiger partial charge in [0.05, 0.1) is 12.0 Å². The normalized spacial score (nSPS) is 15.6.